The van der Waals surface area contributed by atoms with E-state index >= 15 is 0 Å². The number of amides is 2. The average molecular weight is 588 g/mol. The highest BCUT2D eigenvalue weighted by molar-refractivity contribution is 5.84. The minimum absolute atomic E-state index is 0.0501. The van der Waals surface area contributed by atoms with Gasteiger partial charge in [-0.05, 0) is 53.3 Å². The molecule has 0 aromatic heterocycles. The molecular weight excluding hydrogens is 550 g/mol. The van der Waals surface area contributed by atoms with Crippen LogP contribution in [0.1, 0.15) is 42.2 Å². The van der Waals surface area contributed by atoms with Crippen LogP contribution in [0.3, 0.4) is 0 Å². The van der Waals surface area contributed by atoms with Gasteiger partial charge >= 0.3 is 0 Å². The summed E-state index contributed by atoms with van der Waals surface area (Å²) in [5.41, 5.74) is 4.08. The predicted molar refractivity (Wildman–Crippen MR) is 163 cm³/mol. The number of anilines is 1. The van der Waals surface area contributed by atoms with Crippen LogP contribution >= 0.6 is 0 Å². The first-order chi connectivity index (χ1) is 20.8. The lowest BCUT2D eigenvalue weighted by atomic mass is 9.95. The minimum atomic E-state index is -0.417. The van der Waals surface area contributed by atoms with Crippen molar-refractivity contribution in [2.24, 2.45) is 0 Å². The number of nitrogens with zero attached hydrogens (tertiary/aromatic N) is 1. The highest BCUT2D eigenvalue weighted by Gasteiger charge is 2.30. The maximum Gasteiger partial charge on any atom is 0.242 e. The maximum absolute atomic E-state index is 13.6. The number of aryl methyl sites for hydroxylation is 1. The van der Waals surface area contributed by atoms with Crippen molar-refractivity contribution in [1.82, 2.24) is 10.2 Å². The van der Waals surface area contributed by atoms with Crippen LogP contribution in [-0.2, 0) is 20.7 Å². The molecule has 226 valence electrons. The lowest BCUT2D eigenvalue weighted by Gasteiger charge is -2.33. The molecule has 0 saturated carbocycles. The molecule has 0 spiro atoms. The quantitative estimate of drug-likeness (QED) is 0.408. The molecule has 10 nitrogen and oxygen atoms in total. The first-order valence-electron chi connectivity index (χ1n) is 14.3. The highest BCUT2D eigenvalue weighted by Crippen LogP contribution is 2.50. The molecular formula is C33H37N3O7. The topological polar surface area (TPSA) is 115 Å². The molecule has 1 fully saturated rings. The summed E-state index contributed by atoms with van der Waals surface area (Å²) in [5.74, 6) is 1.11. The zero-order valence-corrected chi connectivity index (χ0v) is 24.9. The molecule has 0 unspecified atom stereocenters. The molecule has 3 aromatic carbocycles. The largest absolute Gasteiger partial charge is 0.493 e. The third kappa shape index (κ3) is 6.29. The Morgan fingerprint density at radius 1 is 1.00 bits per heavy atom. The van der Waals surface area contributed by atoms with Crippen molar-refractivity contribution in [3.05, 3.63) is 81.5 Å². The highest BCUT2D eigenvalue weighted by atomic mass is 16.5. The number of morpholine rings is 1. The van der Waals surface area contributed by atoms with Gasteiger partial charge in [0.1, 0.15) is 6.10 Å². The van der Waals surface area contributed by atoms with Crippen molar-refractivity contribution in [2.45, 2.75) is 31.9 Å². The molecule has 3 aromatic rings. The van der Waals surface area contributed by atoms with Crippen LogP contribution in [0.2, 0.25) is 0 Å². The zero-order valence-electron chi connectivity index (χ0n) is 24.9. The van der Waals surface area contributed by atoms with Gasteiger partial charge in [-0.15, -0.1) is 0 Å². The molecule has 1 aliphatic heterocycles. The third-order valence-corrected chi connectivity index (χ3v) is 7.94. The number of nitrogens with one attached hydrogen (secondary N) is 2. The van der Waals surface area contributed by atoms with Gasteiger partial charge in [0, 0.05) is 19.0 Å². The fraction of sp³-hybridized carbons (Fsp3) is 0.364. The SMILES string of the molecule is COc1cc2c(c(OC)c1OC)-c1ccc(NCC(=O)N3CCO[C@@H](c4ccccc4)C3)c(=O)cc1[C@@H](NC(C)=O)CC2. The Bertz CT molecular complexity index is 1560. The van der Waals surface area contributed by atoms with Gasteiger partial charge < -0.3 is 34.5 Å². The lowest BCUT2D eigenvalue weighted by Crippen LogP contribution is -2.44. The van der Waals surface area contributed by atoms with Crippen molar-refractivity contribution in [3.8, 4) is 28.4 Å². The number of fused-ring (bicyclic) bond motifs is 3. The summed E-state index contributed by atoms with van der Waals surface area (Å²) in [6.07, 6.45) is 0.963. The fourth-order valence-corrected chi connectivity index (χ4v) is 5.88. The Labute approximate surface area is 250 Å². The molecule has 0 bridgehead atoms. The van der Waals surface area contributed by atoms with Crippen molar-refractivity contribution < 1.29 is 28.5 Å². The molecule has 1 aliphatic carbocycles. The van der Waals surface area contributed by atoms with E-state index in [9.17, 15) is 14.4 Å². The normalized spacial score (nSPS) is 17.5. The number of methoxy groups -OCH3 is 3. The fourth-order valence-electron chi connectivity index (χ4n) is 5.88. The van der Waals surface area contributed by atoms with E-state index in [1.165, 1.54) is 13.0 Å². The standard InChI is InChI=1S/C33H37N3O7/c1-20(37)35-25-12-10-22-16-28(40-2)32(41-3)33(42-4)31(22)23-11-13-26(27(38)17-24(23)25)34-18-30(39)36-14-15-43-29(19-36)21-8-6-5-7-9-21/h5-9,11,13,16-17,25,29H,10,12,14-15,18-19H2,1-4H3,(H,34,38)(H,35,37)/t25-,29+/m0/s1. The van der Waals surface area contributed by atoms with Crippen molar-refractivity contribution in [3.63, 3.8) is 0 Å². The molecule has 1 saturated heterocycles. The number of benzene rings is 2. The summed E-state index contributed by atoms with van der Waals surface area (Å²) >= 11 is 0. The smallest absolute Gasteiger partial charge is 0.242 e. The Hall–Kier alpha value is -4.57. The second-order valence-corrected chi connectivity index (χ2v) is 10.6. The summed E-state index contributed by atoms with van der Waals surface area (Å²) in [7, 11) is 4.67. The summed E-state index contributed by atoms with van der Waals surface area (Å²) in [5, 5.41) is 6.07. The van der Waals surface area contributed by atoms with E-state index in [0.29, 0.717) is 55.4 Å². The predicted octanol–water partition coefficient (Wildman–Crippen LogP) is 3.88. The van der Waals surface area contributed by atoms with Gasteiger partial charge in [-0.25, -0.2) is 0 Å². The van der Waals surface area contributed by atoms with E-state index in [2.05, 4.69) is 10.6 Å². The first kappa shape index (κ1) is 29.9. The monoisotopic (exact) mass is 587 g/mol. The first-order valence-corrected chi connectivity index (χ1v) is 14.3. The summed E-state index contributed by atoms with van der Waals surface area (Å²) in [6, 6.07) is 16.4. The van der Waals surface area contributed by atoms with Crippen molar-refractivity contribution in [1.29, 1.82) is 0 Å². The molecule has 5 rings (SSSR count). The summed E-state index contributed by atoms with van der Waals surface area (Å²) in [6.45, 7) is 2.76. The van der Waals surface area contributed by atoms with Gasteiger partial charge in [-0.1, -0.05) is 36.4 Å². The van der Waals surface area contributed by atoms with Gasteiger partial charge in [0.25, 0.3) is 0 Å². The molecule has 0 radical (unpaired) electrons. The Balaban J connectivity index is 1.48. The number of carbonyl (C=O) groups excluding carboxylic acids is 2. The van der Waals surface area contributed by atoms with Crippen LogP contribution in [0.4, 0.5) is 5.69 Å². The van der Waals surface area contributed by atoms with Crippen LogP contribution in [0.5, 0.6) is 17.2 Å². The Morgan fingerprint density at radius 2 is 1.77 bits per heavy atom. The van der Waals surface area contributed by atoms with Crippen molar-refractivity contribution in [2.75, 3.05) is 52.9 Å². The van der Waals surface area contributed by atoms with E-state index in [-0.39, 0.29) is 35.6 Å². The number of hydrogen-bond donors (Lipinski definition) is 2. The van der Waals surface area contributed by atoms with Crippen LogP contribution in [0, 0.1) is 0 Å². The van der Waals surface area contributed by atoms with E-state index < -0.39 is 6.04 Å². The molecule has 2 N–H and O–H groups in total. The van der Waals surface area contributed by atoms with Crippen molar-refractivity contribution >= 4 is 17.5 Å². The lowest BCUT2D eigenvalue weighted by molar-refractivity contribution is -0.137. The van der Waals surface area contributed by atoms with Gasteiger partial charge in [-0.3, -0.25) is 14.4 Å². The van der Waals surface area contributed by atoms with Crippen LogP contribution in [0.15, 0.2) is 59.4 Å². The van der Waals surface area contributed by atoms with Gasteiger partial charge in [0.05, 0.1) is 52.8 Å². The molecule has 10 heteroatoms. The number of rotatable bonds is 8. The zero-order chi connectivity index (χ0) is 30.5. The van der Waals surface area contributed by atoms with Gasteiger partial charge in [0.15, 0.2) is 11.5 Å². The van der Waals surface area contributed by atoms with Crippen LogP contribution in [-0.4, -0.2) is 64.3 Å². The molecule has 2 atom stereocenters. The van der Waals surface area contributed by atoms with Gasteiger partial charge in [0.2, 0.25) is 23.0 Å². The number of carbonyl (C=O) groups is 2. The maximum atomic E-state index is 13.6. The Kier molecular flexibility index (Phi) is 9.16. The molecule has 2 amide bonds. The van der Waals surface area contributed by atoms with E-state index in [1.54, 1.807) is 32.3 Å². The second kappa shape index (κ2) is 13.2. The minimum Gasteiger partial charge on any atom is -0.493 e. The summed E-state index contributed by atoms with van der Waals surface area (Å²) < 4.78 is 23.0. The molecule has 1 heterocycles. The average Bonchev–Trinajstić information content (AvgIpc) is 3.27. The second-order valence-electron chi connectivity index (χ2n) is 10.6. The van der Waals surface area contributed by atoms with Gasteiger partial charge in [-0.2, -0.15) is 0 Å². The van der Waals surface area contributed by atoms with Crippen LogP contribution < -0.4 is 30.3 Å². The molecule has 2 aliphatic rings. The third-order valence-electron chi connectivity index (χ3n) is 7.94. The summed E-state index contributed by atoms with van der Waals surface area (Å²) in [4.78, 5) is 40.7. The van der Waals surface area contributed by atoms with E-state index in [4.69, 9.17) is 18.9 Å². The van der Waals surface area contributed by atoms with E-state index in [1.807, 2.05) is 42.5 Å². The van der Waals surface area contributed by atoms with Crippen LogP contribution in [0.25, 0.3) is 11.1 Å². The van der Waals surface area contributed by atoms with E-state index in [0.717, 1.165) is 22.3 Å². The Morgan fingerprint density at radius 3 is 2.47 bits per heavy atom. The molecule has 43 heavy (non-hydrogen) atoms. The number of ether oxygens (including phenoxy) is 4. The number of hydrogen-bond acceptors (Lipinski definition) is 8.